The van der Waals surface area contributed by atoms with Crippen LogP contribution in [0.5, 0.6) is 0 Å². The Kier molecular flexibility index (Phi) is 3.17. The van der Waals surface area contributed by atoms with Gasteiger partial charge >= 0.3 is 0 Å². The van der Waals surface area contributed by atoms with Crippen molar-refractivity contribution in [3.05, 3.63) is 22.2 Å². The number of aliphatic hydroxyl groups is 1. The van der Waals surface area contributed by atoms with Gasteiger partial charge in [0.2, 0.25) is 0 Å². The first-order chi connectivity index (χ1) is 6.07. The molecule has 0 aromatic carbocycles. The third-order valence-corrected chi connectivity index (χ3v) is 3.14. The van der Waals surface area contributed by atoms with Gasteiger partial charge in [0, 0.05) is 12.2 Å². The SMILES string of the molecule is C=C1SC(C(C)=O)=C(C)N1CCO. The monoisotopic (exact) mass is 199 g/mol. The van der Waals surface area contributed by atoms with Crippen molar-refractivity contribution < 1.29 is 9.90 Å². The van der Waals surface area contributed by atoms with Crippen molar-refractivity contribution in [3.8, 4) is 0 Å². The van der Waals surface area contributed by atoms with Crippen molar-refractivity contribution >= 4 is 17.5 Å². The van der Waals surface area contributed by atoms with Crippen LogP contribution < -0.4 is 0 Å². The fourth-order valence-corrected chi connectivity index (χ4v) is 2.25. The van der Waals surface area contributed by atoms with Gasteiger partial charge in [-0.3, -0.25) is 4.79 Å². The lowest BCUT2D eigenvalue weighted by Crippen LogP contribution is -2.19. The zero-order chi connectivity index (χ0) is 10.0. The molecule has 0 unspecified atom stereocenters. The van der Waals surface area contributed by atoms with Crippen LogP contribution in [0.3, 0.4) is 0 Å². The average Bonchev–Trinajstić information content (AvgIpc) is 2.32. The van der Waals surface area contributed by atoms with Gasteiger partial charge in [-0.1, -0.05) is 18.3 Å². The predicted octanol–water partition coefficient (Wildman–Crippen LogP) is 1.32. The van der Waals surface area contributed by atoms with Crippen LogP contribution in [0, 0.1) is 0 Å². The summed E-state index contributed by atoms with van der Waals surface area (Å²) in [6.07, 6.45) is 0. The van der Waals surface area contributed by atoms with Crippen LogP contribution in [0.25, 0.3) is 0 Å². The quantitative estimate of drug-likeness (QED) is 0.744. The molecule has 0 saturated heterocycles. The molecular weight excluding hydrogens is 186 g/mol. The summed E-state index contributed by atoms with van der Waals surface area (Å²) in [6, 6.07) is 0. The second-order valence-corrected chi connectivity index (χ2v) is 3.93. The van der Waals surface area contributed by atoms with Crippen molar-refractivity contribution in [1.82, 2.24) is 4.90 Å². The molecule has 13 heavy (non-hydrogen) atoms. The highest BCUT2D eigenvalue weighted by Crippen LogP contribution is 2.39. The maximum Gasteiger partial charge on any atom is 0.168 e. The van der Waals surface area contributed by atoms with Gasteiger partial charge in [0.15, 0.2) is 5.78 Å². The summed E-state index contributed by atoms with van der Waals surface area (Å²) in [6.45, 7) is 7.82. The molecule has 0 saturated carbocycles. The van der Waals surface area contributed by atoms with Crippen molar-refractivity contribution in [2.24, 2.45) is 0 Å². The van der Waals surface area contributed by atoms with Crippen LogP contribution in [0.4, 0.5) is 0 Å². The Morgan fingerprint density at radius 3 is 2.69 bits per heavy atom. The number of rotatable bonds is 3. The number of nitrogens with zero attached hydrogens (tertiary/aromatic N) is 1. The molecule has 0 fully saturated rings. The maximum atomic E-state index is 11.1. The van der Waals surface area contributed by atoms with E-state index in [0.29, 0.717) is 6.54 Å². The lowest BCUT2D eigenvalue weighted by molar-refractivity contribution is -0.113. The van der Waals surface area contributed by atoms with Gasteiger partial charge in [-0.05, 0) is 13.8 Å². The van der Waals surface area contributed by atoms with Gasteiger partial charge in [0.1, 0.15) is 0 Å². The number of hydrogen-bond donors (Lipinski definition) is 1. The molecule has 0 radical (unpaired) electrons. The van der Waals surface area contributed by atoms with Gasteiger partial charge in [-0.2, -0.15) is 0 Å². The Balaban J connectivity index is 2.88. The number of ketones is 1. The molecule has 0 atom stereocenters. The highest BCUT2D eigenvalue weighted by atomic mass is 32.2. The van der Waals surface area contributed by atoms with Crippen LogP contribution in [0.15, 0.2) is 22.2 Å². The minimum absolute atomic E-state index is 0.0593. The Morgan fingerprint density at radius 1 is 1.69 bits per heavy atom. The van der Waals surface area contributed by atoms with E-state index in [0.717, 1.165) is 15.6 Å². The molecule has 1 aliphatic rings. The highest BCUT2D eigenvalue weighted by molar-refractivity contribution is 8.07. The van der Waals surface area contributed by atoms with E-state index in [-0.39, 0.29) is 12.4 Å². The van der Waals surface area contributed by atoms with E-state index in [9.17, 15) is 4.79 Å². The zero-order valence-corrected chi connectivity index (χ0v) is 8.65. The first kappa shape index (κ1) is 10.3. The van der Waals surface area contributed by atoms with Gasteiger partial charge in [0.05, 0.1) is 16.5 Å². The van der Waals surface area contributed by atoms with Gasteiger partial charge in [-0.25, -0.2) is 0 Å². The fourth-order valence-electron chi connectivity index (χ4n) is 1.28. The van der Waals surface area contributed by atoms with E-state index in [1.165, 1.54) is 11.8 Å². The van der Waals surface area contributed by atoms with E-state index in [4.69, 9.17) is 5.11 Å². The van der Waals surface area contributed by atoms with E-state index in [1.54, 1.807) is 6.92 Å². The van der Waals surface area contributed by atoms with E-state index in [2.05, 4.69) is 6.58 Å². The van der Waals surface area contributed by atoms with Crippen molar-refractivity contribution in [2.45, 2.75) is 13.8 Å². The molecule has 1 heterocycles. The van der Waals surface area contributed by atoms with Gasteiger partial charge < -0.3 is 10.0 Å². The predicted molar refractivity (Wildman–Crippen MR) is 53.9 cm³/mol. The van der Waals surface area contributed by atoms with Crippen molar-refractivity contribution in [3.63, 3.8) is 0 Å². The summed E-state index contributed by atoms with van der Waals surface area (Å²) in [5.74, 6) is 0.0593. The number of β-amino-alcohol motifs (C(OH)–C–C–N with tert-alkyl or cyclic N) is 1. The summed E-state index contributed by atoms with van der Waals surface area (Å²) in [5, 5.41) is 9.60. The van der Waals surface area contributed by atoms with Crippen LogP contribution in [-0.2, 0) is 4.79 Å². The smallest absolute Gasteiger partial charge is 0.168 e. The molecule has 1 rings (SSSR count). The minimum atomic E-state index is 0.0593. The molecular formula is C9H13NO2S. The average molecular weight is 199 g/mol. The van der Waals surface area contributed by atoms with Crippen LogP contribution in [0.2, 0.25) is 0 Å². The van der Waals surface area contributed by atoms with Gasteiger partial charge in [-0.15, -0.1) is 0 Å². The first-order valence-electron chi connectivity index (χ1n) is 4.05. The Morgan fingerprint density at radius 2 is 2.31 bits per heavy atom. The molecule has 72 valence electrons. The summed E-state index contributed by atoms with van der Waals surface area (Å²) >= 11 is 1.38. The number of carbonyl (C=O) groups is 1. The van der Waals surface area contributed by atoms with Crippen LogP contribution >= 0.6 is 11.8 Å². The summed E-state index contributed by atoms with van der Waals surface area (Å²) in [7, 11) is 0. The first-order valence-corrected chi connectivity index (χ1v) is 4.86. The lowest BCUT2D eigenvalue weighted by Gasteiger charge is -2.18. The molecule has 0 spiro atoms. The summed E-state index contributed by atoms with van der Waals surface area (Å²) in [5.41, 5.74) is 0.900. The number of hydrogen-bond acceptors (Lipinski definition) is 4. The van der Waals surface area contributed by atoms with Crippen LogP contribution in [-0.4, -0.2) is 28.9 Å². The maximum absolute atomic E-state index is 11.1. The van der Waals surface area contributed by atoms with E-state index in [1.807, 2.05) is 11.8 Å². The zero-order valence-electron chi connectivity index (χ0n) is 7.83. The molecule has 0 aromatic heterocycles. The minimum Gasteiger partial charge on any atom is -0.395 e. The van der Waals surface area contributed by atoms with E-state index < -0.39 is 0 Å². The molecule has 4 heteroatoms. The second-order valence-electron chi connectivity index (χ2n) is 2.84. The Hall–Kier alpha value is -0.740. The number of allylic oxidation sites excluding steroid dienone is 2. The Labute approximate surface area is 82.1 Å². The normalized spacial score (nSPS) is 17.2. The number of carbonyl (C=O) groups excluding carboxylic acids is 1. The lowest BCUT2D eigenvalue weighted by atomic mass is 10.3. The Bertz CT molecular complexity index is 283. The number of thioether (sulfide) groups is 1. The van der Waals surface area contributed by atoms with Crippen molar-refractivity contribution in [2.75, 3.05) is 13.2 Å². The van der Waals surface area contributed by atoms with E-state index >= 15 is 0 Å². The van der Waals surface area contributed by atoms with Crippen molar-refractivity contribution in [1.29, 1.82) is 0 Å². The third-order valence-electron chi connectivity index (χ3n) is 1.90. The molecule has 0 aliphatic carbocycles. The third kappa shape index (κ3) is 1.95. The highest BCUT2D eigenvalue weighted by Gasteiger charge is 2.25. The standard InChI is InChI=1S/C9H13NO2S/c1-6-9(7(2)12)13-8(3)10(6)4-5-11/h11H,3-5H2,1-2H3. The molecule has 1 aliphatic heterocycles. The molecule has 0 bridgehead atoms. The topological polar surface area (TPSA) is 40.5 Å². The molecule has 0 amide bonds. The largest absolute Gasteiger partial charge is 0.395 e. The summed E-state index contributed by atoms with van der Waals surface area (Å²) in [4.78, 5) is 13.7. The van der Waals surface area contributed by atoms with Gasteiger partial charge in [0.25, 0.3) is 0 Å². The molecule has 0 aromatic rings. The number of aliphatic hydroxyl groups excluding tert-OH is 1. The summed E-state index contributed by atoms with van der Waals surface area (Å²) < 4.78 is 0. The molecule has 3 nitrogen and oxygen atoms in total. The number of Topliss-reactive ketones (excluding diaryl/α,β-unsaturated/α-hetero) is 1. The molecule has 1 N–H and O–H groups in total. The van der Waals surface area contributed by atoms with Crippen LogP contribution in [0.1, 0.15) is 13.8 Å². The fraction of sp³-hybridized carbons (Fsp3) is 0.444. The second kappa shape index (κ2) is 3.98.